The van der Waals surface area contributed by atoms with E-state index in [-0.39, 0.29) is 10.7 Å². The predicted molar refractivity (Wildman–Crippen MR) is 107 cm³/mol. The highest BCUT2D eigenvalue weighted by atomic mass is 32.2. The molecule has 3 aromatic heterocycles. The Bertz CT molecular complexity index is 1360. The summed E-state index contributed by atoms with van der Waals surface area (Å²) in [7, 11) is -2.29. The third-order valence-corrected chi connectivity index (χ3v) is 6.12. The molecule has 0 fully saturated rings. The van der Waals surface area contributed by atoms with Gasteiger partial charge in [0.15, 0.2) is 5.82 Å². The third-order valence-electron chi connectivity index (χ3n) is 4.78. The minimum absolute atomic E-state index is 0.0532. The summed E-state index contributed by atoms with van der Waals surface area (Å²) in [5.41, 5.74) is 0.930. The molecule has 0 spiro atoms. The summed E-state index contributed by atoms with van der Waals surface area (Å²) in [6.07, 6.45) is 0.232. The van der Waals surface area contributed by atoms with Gasteiger partial charge in [0.05, 0.1) is 29.2 Å². The number of nitrogens with one attached hydrogen (secondary N) is 1. The molecular formula is C19H17F3N6O2S. The van der Waals surface area contributed by atoms with Crippen LogP contribution in [0.15, 0.2) is 53.9 Å². The zero-order valence-corrected chi connectivity index (χ0v) is 17.2. The molecule has 0 unspecified atom stereocenters. The first-order chi connectivity index (χ1) is 14.6. The second-order valence-electron chi connectivity index (χ2n) is 6.79. The van der Waals surface area contributed by atoms with Crippen LogP contribution in [0.1, 0.15) is 18.1 Å². The number of nitrogens with zero attached hydrogens (tertiary/aromatic N) is 5. The molecule has 31 heavy (non-hydrogen) atoms. The Morgan fingerprint density at radius 3 is 2.45 bits per heavy atom. The van der Waals surface area contributed by atoms with Crippen molar-refractivity contribution >= 4 is 26.6 Å². The van der Waals surface area contributed by atoms with Gasteiger partial charge in [0.2, 0.25) is 0 Å². The van der Waals surface area contributed by atoms with Crippen LogP contribution in [0.5, 0.6) is 0 Å². The number of benzene rings is 1. The molecule has 162 valence electrons. The van der Waals surface area contributed by atoms with Gasteiger partial charge in [0, 0.05) is 24.8 Å². The molecule has 0 radical (unpaired) electrons. The summed E-state index contributed by atoms with van der Waals surface area (Å²) < 4.78 is 69.3. The van der Waals surface area contributed by atoms with Crippen molar-refractivity contribution < 1.29 is 21.6 Å². The number of rotatable bonds is 5. The van der Waals surface area contributed by atoms with E-state index < -0.39 is 21.8 Å². The lowest BCUT2D eigenvalue weighted by Gasteiger charge is -2.14. The average molecular weight is 450 g/mol. The molecule has 0 aliphatic rings. The van der Waals surface area contributed by atoms with E-state index in [2.05, 4.69) is 19.9 Å². The molecule has 0 aliphatic carbocycles. The molecule has 4 rings (SSSR count). The highest BCUT2D eigenvalue weighted by Crippen LogP contribution is 2.31. The van der Waals surface area contributed by atoms with Crippen molar-refractivity contribution in [3.63, 3.8) is 0 Å². The van der Waals surface area contributed by atoms with Crippen molar-refractivity contribution in [1.82, 2.24) is 24.5 Å². The van der Waals surface area contributed by atoms with Crippen molar-refractivity contribution in [2.75, 3.05) is 4.72 Å². The summed E-state index contributed by atoms with van der Waals surface area (Å²) in [5, 5.41) is 8.59. The summed E-state index contributed by atoms with van der Waals surface area (Å²) in [6, 6.07) is 6.25. The minimum Gasteiger partial charge on any atom is -0.277 e. The van der Waals surface area contributed by atoms with Gasteiger partial charge < -0.3 is 0 Å². The molecule has 0 saturated heterocycles. The number of alkyl halides is 3. The zero-order valence-electron chi connectivity index (χ0n) is 16.4. The number of aryl methyl sites for hydroxylation is 2. The van der Waals surface area contributed by atoms with Crippen molar-refractivity contribution in [1.29, 1.82) is 0 Å². The molecule has 4 aromatic rings. The van der Waals surface area contributed by atoms with E-state index in [4.69, 9.17) is 0 Å². The van der Waals surface area contributed by atoms with Gasteiger partial charge in [-0.05, 0) is 24.1 Å². The smallest absolute Gasteiger partial charge is 0.277 e. The average Bonchev–Trinajstić information content (AvgIpc) is 3.36. The van der Waals surface area contributed by atoms with Crippen LogP contribution in [0.25, 0.3) is 16.7 Å². The molecule has 0 amide bonds. The molecule has 12 heteroatoms. The molecule has 1 N–H and O–H groups in total. The number of pyridine rings is 1. The number of aromatic nitrogens is 5. The maximum Gasteiger partial charge on any atom is 0.419 e. The molecule has 0 atom stereocenters. The highest BCUT2D eigenvalue weighted by molar-refractivity contribution is 7.92. The molecule has 0 saturated carbocycles. The normalized spacial score (nSPS) is 12.4. The molecule has 0 bridgehead atoms. The lowest BCUT2D eigenvalue weighted by Crippen LogP contribution is -2.16. The van der Waals surface area contributed by atoms with Crippen molar-refractivity contribution in [2.45, 2.75) is 24.4 Å². The van der Waals surface area contributed by atoms with Crippen LogP contribution >= 0.6 is 0 Å². The van der Waals surface area contributed by atoms with Crippen LogP contribution in [0.4, 0.5) is 18.9 Å². The maximum absolute atomic E-state index is 13.0. The number of anilines is 1. The fourth-order valence-corrected chi connectivity index (χ4v) is 4.22. The first-order valence-electron chi connectivity index (χ1n) is 9.15. The van der Waals surface area contributed by atoms with Crippen LogP contribution in [0.2, 0.25) is 0 Å². The number of fused-ring (bicyclic) bond motifs is 1. The van der Waals surface area contributed by atoms with Gasteiger partial charge in [0.1, 0.15) is 4.90 Å². The Labute approximate surface area is 175 Å². The van der Waals surface area contributed by atoms with Gasteiger partial charge in [0.25, 0.3) is 10.0 Å². The quantitative estimate of drug-likeness (QED) is 0.502. The molecule has 0 aliphatic heterocycles. The van der Waals surface area contributed by atoms with Crippen molar-refractivity contribution in [2.24, 2.45) is 7.05 Å². The standard InChI is InChI=1S/C19H17F3N6O2S/c1-3-12-4-5-13-8-24-27(2)18(13)17(12)26-31(29,30)15-6-7-16(23-10-15)28-11-14(9-25-28)19(20,21)22/h4-11,26H,3H2,1-2H3. The van der Waals surface area contributed by atoms with Gasteiger partial charge in [-0.15, -0.1) is 0 Å². The Morgan fingerprint density at radius 1 is 1.06 bits per heavy atom. The Balaban J connectivity index is 1.67. The second-order valence-corrected chi connectivity index (χ2v) is 8.47. The van der Waals surface area contributed by atoms with E-state index in [1.807, 2.05) is 19.1 Å². The van der Waals surface area contributed by atoms with Crippen LogP contribution in [0.3, 0.4) is 0 Å². The Hall–Kier alpha value is -3.41. The second kappa shape index (κ2) is 7.38. The predicted octanol–water partition coefficient (Wildman–Crippen LogP) is 3.54. The van der Waals surface area contributed by atoms with E-state index in [0.717, 1.165) is 28.0 Å². The first kappa shape index (κ1) is 20.8. The lowest BCUT2D eigenvalue weighted by molar-refractivity contribution is -0.137. The van der Waals surface area contributed by atoms with Crippen LogP contribution in [-0.2, 0) is 29.7 Å². The minimum atomic E-state index is -4.53. The summed E-state index contributed by atoms with van der Waals surface area (Å²) in [5.74, 6) is 0.0532. The third kappa shape index (κ3) is 3.85. The largest absolute Gasteiger partial charge is 0.419 e. The van der Waals surface area contributed by atoms with E-state index in [9.17, 15) is 21.6 Å². The highest BCUT2D eigenvalue weighted by Gasteiger charge is 2.32. The van der Waals surface area contributed by atoms with Gasteiger partial charge in [-0.25, -0.2) is 18.1 Å². The van der Waals surface area contributed by atoms with E-state index >= 15 is 0 Å². The van der Waals surface area contributed by atoms with Crippen molar-refractivity contribution in [3.8, 4) is 5.82 Å². The van der Waals surface area contributed by atoms with E-state index in [0.29, 0.717) is 23.8 Å². The number of sulfonamides is 1. The van der Waals surface area contributed by atoms with Crippen LogP contribution in [-0.4, -0.2) is 33.0 Å². The van der Waals surface area contributed by atoms with Gasteiger partial charge >= 0.3 is 6.18 Å². The Morgan fingerprint density at radius 2 is 1.84 bits per heavy atom. The maximum atomic E-state index is 13.0. The lowest BCUT2D eigenvalue weighted by atomic mass is 10.1. The number of halogens is 3. The van der Waals surface area contributed by atoms with Gasteiger partial charge in [-0.1, -0.05) is 19.1 Å². The van der Waals surface area contributed by atoms with Crippen molar-refractivity contribution in [3.05, 3.63) is 60.2 Å². The van der Waals surface area contributed by atoms with Gasteiger partial charge in [-0.3, -0.25) is 9.40 Å². The molecule has 8 nitrogen and oxygen atoms in total. The summed E-state index contributed by atoms with van der Waals surface area (Å²) >= 11 is 0. The monoisotopic (exact) mass is 450 g/mol. The summed E-state index contributed by atoms with van der Waals surface area (Å²) in [6.45, 7) is 1.91. The molecular weight excluding hydrogens is 433 g/mol. The number of hydrogen-bond acceptors (Lipinski definition) is 5. The van der Waals surface area contributed by atoms with E-state index in [1.165, 1.54) is 12.1 Å². The summed E-state index contributed by atoms with van der Waals surface area (Å²) in [4.78, 5) is 3.82. The Kier molecular flexibility index (Phi) is 4.96. The SMILES string of the molecule is CCc1ccc2cnn(C)c2c1NS(=O)(=O)c1ccc(-n2cc(C(F)(F)F)cn2)nc1. The van der Waals surface area contributed by atoms with Crippen LogP contribution in [0, 0.1) is 0 Å². The molecule has 3 heterocycles. The van der Waals surface area contributed by atoms with Crippen LogP contribution < -0.4 is 4.72 Å². The fourth-order valence-electron chi connectivity index (χ4n) is 3.17. The fraction of sp³-hybridized carbons (Fsp3) is 0.211. The zero-order chi connectivity index (χ0) is 22.4. The van der Waals surface area contributed by atoms with Gasteiger partial charge in [-0.2, -0.15) is 23.4 Å². The topological polar surface area (TPSA) is 94.7 Å². The first-order valence-corrected chi connectivity index (χ1v) is 10.6. The van der Waals surface area contributed by atoms with E-state index in [1.54, 1.807) is 17.9 Å². The molecule has 1 aromatic carbocycles. The number of hydrogen-bond donors (Lipinski definition) is 1.